The highest BCUT2D eigenvalue weighted by Gasteiger charge is 2.16. The molecule has 0 aliphatic heterocycles. The fourth-order valence-electron chi connectivity index (χ4n) is 1.33. The van der Waals surface area contributed by atoms with E-state index >= 15 is 0 Å². The molecule has 0 spiro atoms. The van der Waals surface area contributed by atoms with Gasteiger partial charge >= 0.3 is 0 Å². The smallest absolute Gasteiger partial charge is 0.156 e. The monoisotopic (exact) mass is 209 g/mol. The van der Waals surface area contributed by atoms with Crippen molar-refractivity contribution in [2.24, 2.45) is 0 Å². The highest BCUT2D eigenvalue weighted by molar-refractivity contribution is 5.53. The second-order valence-electron chi connectivity index (χ2n) is 3.19. The van der Waals surface area contributed by atoms with Gasteiger partial charge in [0.05, 0.1) is 0 Å². The van der Waals surface area contributed by atoms with Gasteiger partial charge < -0.3 is 5.73 Å². The lowest BCUT2D eigenvalue weighted by Gasteiger charge is -2.09. The molecule has 78 valence electrons. The summed E-state index contributed by atoms with van der Waals surface area (Å²) in [7, 11) is 0. The van der Waals surface area contributed by atoms with Crippen LogP contribution >= 0.6 is 0 Å². The van der Waals surface area contributed by atoms with Crippen molar-refractivity contribution in [3.63, 3.8) is 0 Å². The third kappa shape index (κ3) is 1.45. The number of nitrogens with two attached hydrogens (primary N) is 1. The maximum Gasteiger partial charge on any atom is 0.156 e. The quantitative estimate of drug-likeness (QED) is 0.730. The van der Waals surface area contributed by atoms with Gasteiger partial charge in [-0.25, -0.2) is 13.5 Å². The molecule has 0 saturated heterocycles. The predicted octanol–water partition coefficient (Wildman–Crippen LogP) is 2.04. The third-order valence-corrected chi connectivity index (χ3v) is 2.21. The molecule has 0 radical (unpaired) electrons. The highest BCUT2D eigenvalue weighted by Crippen LogP contribution is 2.24. The lowest BCUT2D eigenvalue weighted by atomic mass is 10.1. The summed E-state index contributed by atoms with van der Waals surface area (Å²) in [5.74, 6) is -1.41. The van der Waals surface area contributed by atoms with Crippen LogP contribution in [0.4, 0.5) is 14.5 Å². The van der Waals surface area contributed by atoms with Crippen LogP contribution in [0.1, 0.15) is 5.56 Å². The highest BCUT2D eigenvalue weighted by atomic mass is 19.1. The normalized spacial score (nSPS) is 10.6. The number of anilines is 1. The van der Waals surface area contributed by atoms with Crippen molar-refractivity contribution >= 4 is 5.69 Å². The molecule has 0 unspecified atom stereocenters. The predicted molar refractivity (Wildman–Crippen MR) is 52.6 cm³/mol. The fraction of sp³-hybridized carbons (Fsp3) is 0.100. The molecular formula is C10H9F2N3. The Morgan fingerprint density at radius 2 is 2.13 bits per heavy atom. The van der Waals surface area contributed by atoms with E-state index in [2.05, 4.69) is 5.10 Å². The average molecular weight is 209 g/mol. The van der Waals surface area contributed by atoms with Crippen LogP contribution in [-0.2, 0) is 0 Å². The minimum absolute atomic E-state index is 0.0981. The van der Waals surface area contributed by atoms with Gasteiger partial charge in [-0.05, 0) is 19.1 Å². The molecule has 0 aliphatic rings. The maximum atomic E-state index is 13.7. The Morgan fingerprint density at radius 3 is 2.73 bits per heavy atom. The van der Waals surface area contributed by atoms with Crippen molar-refractivity contribution in [3.8, 4) is 5.69 Å². The summed E-state index contributed by atoms with van der Waals surface area (Å²) >= 11 is 0. The van der Waals surface area contributed by atoms with Gasteiger partial charge in [-0.2, -0.15) is 5.10 Å². The third-order valence-electron chi connectivity index (χ3n) is 2.21. The molecule has 2 aromatic rings. The van der Waals surface area contributed by atoms with Crippen LogP contribution in [0.25, 0.3) is 5.69 Å². The van der Waals surface area contributed by atoms with E-state index in [1.807, 2.05) is 0 Å². The zero-order valence-corrected chi connectivity index (χ0v) is 8.04. The number of halogens is 2. The van der Waals surface area contributed by atoms with E-state index < -0.39 is 11.6 Å². The van der Waals surface area contributed by atoms with Gasteiger partial charge in [-0.15, -0.1) is 0 Å². The van der Waals surface area contributed by atoms with Gasteiger partial charge in [0.2, 0.25) is 0 Å². The molecule has 0 atom stereocenters. The lowest BCUT2D eigenvalue weighted by molar-refractivity contribution is 0.556. The lowest BCUT2D eigenvalue weighted by Crippen LogP contribution is -2.06. The van der Waals surface area contributed by atoms with Crippen molar-refractivity contribution in [1.29, 1.82) is 0 Å². The fourth-order valence-corrected chi connectivity index (χ4v) is 1.33. The molecule has 15 heavy (non-hydrogen) atoms. The molecule has 0 bridgehead atoms. The molecule has 2 N–H and O–H groups in total. The Balaban J connectivity index is 2.72. The minimum Gasteiger partial charge on any atom is -0.398 e. The first-order valence-electron chi connectivity index (χ1n) is 4.35. The number of benzene rings is 1. The van der Waals surface area contributed by atoms with Crippen molar-refractivity contribution in [1.82, 2.24) is 9.78 Å². The first-order chi connectivity index (χ1) is 7.11. The maximum absolute atomic E-state index is 13.7. The van der Waals surface area contributed by atoms with Crippen LogP contribution in [0.3, 0.4) is 0 Å². The van der Waals surface area contributed by atoms with Crippen molar-refractivity contribution < 1.29 is 8.78 Å². The van der Waals surface area contributed by atoms with Gasteiger partial charge in [0.25, 0.3) is 0 Å². The van der Waals surface area contributed by atoms with Crippen LogP contribution in [0, 0.1) is 18.6 Å². The van der Waals surface area contributed by atoms with Crippen LogP contribution in [0.2, 0.25) is 0 Å². The molecule has 1 aromatic carbocycles. The summed E-state index contributed by atoms with van der Waals surface area (Å²) < 4.78 is 28.3. The molecule has 0 fully saturated rings. The zero-order chi connectivity index (χ0) is 11.0. The van der Waals surface area contributed by atoms with Gasteiger partial charge in [0.15, 0.2) is 11.6 Å². The molecule has 5 heteroatoms. The largest absolute Gasteiger partial charge is 0.398 e. The summed E-state index contributed by atoms with van der Waals surface area (Å²) in [6, 6.07) is 2.68. The summed E-state index contributed by atoms with van der Waals surface area (Å²) in [6.07, 6.45) is 2.92. The van der Waals surface area contributed by atoms with Crippen LogP contribution in [0.5, 0.6) is 0 Å². The molecule has 1 aromatic heterocycles. The van der Waals surface area contributed by atoms with Gasteiger partial charge in [-0.3, -0.25) is 0 Å². The first-order valence-corrected chi connectivity index (χ1v) is 4.35. The Hall–Kier alpha value is -1.91. The van der Waals surface area contributed by atoms with Gasteiger partial charge in [0.1, 0.15) is 5.69 Å². The van der Waals surface area contributed by atoms with E-state index in [1.165, 1.54) is 19.3 Å². The Bertz CT molecular complexity index is 492. The SMILES string of the molecule is Cc1c(N)cc(F)c(-n2cccn2)c1F. The minimum atomic E-state index is -0.723. The number of hydrogen-bond donors (Lipinski definition) is 1. The molecule has 0 saturated carbocycles. The topological polar surface area (TPSA) is 43.8 Å². The molecule has 0 aliphatic carbocycles. The van der Waals surface area contributed by atoms with E-state index in [1.54, 1.807) is 6.07 Å². The standard InChI is InChI=1S/C10H9F2N3/c1-6-8(13)5-7(11)10(9(6)12)15-4-2-3-14-15/h2-5H,13H2,1H3. The summed E-state index contributed by atoms with van der Waals surface area (Å²) in [5, 5.41) is 3.77. The number of nitrogens with zero attached hydrogens (tertiary/aromatic N) is 2. The Labute approximate surface area is 85.1 Å². The van der Waals surface area contributed by atoms with E-state index in [4.69, 9.17) is 5.73 Å². The van der Waals surface area contributed by atoms with Gasteiger partial charge in [0, 0.05) is 23.6 Å². The van der Waals surface area contributed by atoms with E-state index in [9.17, 15) is 8.78 Å². The van der Waals surface area contributed by atoms with Crippen LogP contribution in [0.15, 0.2) is 24.5 Å². The van der Waals surface area contributed by atoms with Crippen LogP contribution < -0.4 is 5.73 Å². The van der Waals surface area contributed by atoms with E-state index in [-0.39, 0.29) is 16.9 Å². The van der Waals surface area contributed by atoms with Crippen molar-refractivity contribution in [2.75, 3.05) is 5.73 Å². The molecule has 2 rings (SSSR count). The number of nitrogen functional groups attached to an aromatic ring is 1. The Kier molecular flexibility index (Phi) is 2.15. The Morgan fingerprint density at radius 1 is 1.40 bits per heavy atom. The van der Waals surface area contributed by atoms with E-state index in [0.717, 1.165) is 10.7 Å². The molecule has 1 heterocycles. The van der Waals surface area contributed by atoms with Crippen LogP contribution in [-0.4, -0.2) is 9.78 Å². The zero-order valence-electron chi connectivity index (χ0n) is 8.04. The summed E-state index contributed by atoms with van der Waals surface area (Å²) in [4.78, 5) is 0. The molecule has 3 nitrogen and oxygen atoms in total. The number of rotatable bonds is 1. The van der Waals surface area contributed by atoms with E-state index in [0.29, 0.717) is 0 Å². The van der Waals surface area contributed by atoms with Crippen molar-refractivity contribution in [3.05, 3.63) is 41.7 Å². The second-order valence-corrected chi connectivity index (χ2v) is 3.19. The first kappa shape index (κ1) is 9.64. The number of aromatic nitrogens is 2. The summed E-state index contributed by atoms with van der Waals surface area (Å²) in [5.41, 5.74) is 5.55. The number of hydrogen-bond acceptors (Lipinski definition) is 2. The molecule has 0 amide bonds. The average Bonchev–Trinajstić information content (AvgIpc) is 2.68. The second kappa shape index (κ2) is 3.34. The summed E-state index contributed by atoms with van der Waals surface area (Å²) in [6.45, 7) is 1.50. The molecular weight excluding hydrogens is 200 g/mol. The van der Waals surface area contributed by atoms with Crippen molar-refractivity contribution in [2.45, 2.75) is 6.92 Å². The van der Waals surface area contributed by atoms with Gasteiger partial charge in [-0.1, -0.05) is 0 Å².